The quantitative estimate of drug-likeness (QED) is 0.777. The fourth-order valence-electron chi connectivity index (χ4n) is 1.36. The van der Waals surface area contributed by atoms with Gasteiger partial charge in [-0.1, -0.05) is 23.7 Å². The van der Waals surface area contributed by atoms with Crippen LogP contribution in [0.25, 0.3) is 11.1 Å². The molecule has 0 aromatic heterocycles. The smallest absolute Gasteiger partial charge is 0.124 e. The molecule has 0 saturated carbocycles. The first kappa shape index (κ1) is 9.99. The van der Waals surface area contributed by atoms with Gasteiger partial charge in [0.1, 0.15) is 11.6 Å². The van der Waals surface area contributed by atoms with Gasteiger partial charge in [-0.05, 0) is 35.9 Å². The van der Waals surface area contributed by atoms with E-state index in [4.69, 9.17) is 16.7 Å². The fraction of sp³-hybridized carbons (Fsp3) is 0. The molecule has 0 aliphatic rings. The molecule has 0 unspecified atom stereocenters. The topological polar surface area (TPSA) is 20.2 Å². The summed E-state index contributed by atoms with van der Waals surface area (Å²) in [6.07, 6.45) is 0. The Hall–Kier alpha value is -1.54. The molecule has 2 aromatic carbocycles. The SMILES string of the molecule is Oc1ccc(-c2ccc(F)cc2Cl)cc1. The highest BCUT2D eigenvalue weighted by atomic mass is 35.5. The van der Waals surface area contributed by atoms with Crippen LogP contribution < -0.4 is 0 Å². The first-order valence-corrected chi connectivity index (χ1v) is 4.79. The van der Waals surface area contributed by atoms with Crippen LogP contribution in [0, 0.1) is 5.82 Å². The molecule has 0 heterocycles. The highest BCUT2D eigenvalue weighted by molar-refractivity contribution is 6.33. The predicted molar refractivity (Wildman–Crippen MR) is 58.5 cm³/mol. The monoisotopic (exact) mass is 222 g/mol. The maximum atomic E-state index is 12.8. The van der Waals surface area contributed by atoms with Crippen LogP contribution >= 0.6 is 11.6 Å². The molecule has 0 aliphatic carbocycles. The van der Waals surface area contributed by atoms with Crippen molar-refractivity contribution >= 4 is 11.6 Å². The summed E-state index contributed by atoms with van der Waals surface area (Å²) in [6, 6.07) is 10.8. The molecule has 2 aromatic rings. The summed E-state index contributed by atoms with van der Waals surface area (Å²) in [6.45, 7) is 0. The van der Waals surface area contributed by atoms with Crippen LogP contribution in [0.2, 0.25) is 5.02 Å². The second-order valence-electron chi connectivity index (χ2n) is 3.17. The van der Waals surface area contributed by atoms with Crippen molar-refractivity contribution in [2.45, 2.75) is 0 Å². The van der Waals surface area contributed by atoms with Crippen LogP contribution in [0.1, 0.15) is 0 Å². The largest absolute Gasteiger partial charge is 0.508 e. The third kappa shape index (κ3) is 2.10. The van der Waals surface area contributed by atoms with E-state index in [0.29, 0.717) is 5.02 Å². The van der Waals surface area contributed by atoms with Gasteiger partial charge in [-0.25, -0.2) is 4.39 Å². The summed E-state index contributed by atoms with van der Waals surface area (Å²) in [4.78, 5) is 0. The minimum Gasteiger partial charge on any atom is -0.508 e. The highest BCUT2D eigenvalue weighted by Crippen LogP contribution is 2.29. The van der Waals surface area contributed by atoms with Gasteiger partial charge in [0.2, 0.25) is 0 Å². The summed E-state index contributed by atoms with van der Waals surface area (Å²) in [5.74, 6) is -0.167. The van der Waals surface area contributed by atoms with Crippen molar-refractivity contribution in [2.75, 3.05) is 0 Å². The summed E-state index contributed by atoms with van der Waals surface area (Å²) in [5, 5.41) is 9.49. The molecular formula is C12H8ClFO. The van der Waals surface area contributed by atoms with Gasteiger partial charge in [0, 0.05) is 5.56 Å². The number of aromatic hydroxyl groups is 1. The standard InChI is InChI=1S/C12H8ClFO/c13-12-7-9(14)3-6-11(12)8-1-4-10(15)5-2-8/h1-7,15H. The van der Waals surface area contributed by atoms with Gasteiger partial charge in [-0.2, -0.15) is 0 Å². The first-order chi connectivity index (χ1) is 7.16. The number of phenolic OH excluding ortho intramolecular Hbond substituents is 1. The summed E-state index contributed by atoms with van der Waals surface area (Å²) in [5.41, 5.74) is 1.59. The van der Waals surface area contributed by atoms with E-state index in [1.165, 1.54) is 12.1 Å². The summed E-state index contributed by atoms with van der Waals surface area (Å²) >= 11 is 5.90. The summed E-state index contributed by atoms with van der Waals surface area (Å²) < 4.78 is 12.8. The lowest BCUT2D eigenvalue weighted by Crippen LogP contribution is -1.81. The van der Waals surface area contributed by atoms with E-state index in [1.54, 1.807) is 30.3 Å². The van der Waals surface area contributed by atoms with Crippen LogP contribution in [0.4, 0.5) is 4.39 Å². The van der Waals surface area contributed by atoms with E-state index in [-0.39, 0.29) is 11.6 Å². The van der Waals surface area contributed by atoms with Crippen LogP contribution in [0.3, 0.4) is 0 Å². The van der Waals surface area contributed by atoms with E-state index in [2.05, 4.69) is 0 Å². The van der Waals surface area contributed by atoms with E-state index in [0.717, 1.165) is 11.1 Å². The van der Waals surface area contributed by atoms with Gasteiger partial charge in [0.25, 0.3) is 0 Å². The Morgan fingerprint density at radius 3 is 2.27 bits per heavy atom. The van der Waals surface area contributed by atoms with E-state index >= 15 is 0 Å². The van der Waals surface area contributed by atoms with E-state index < -0.39 is 0 Å². The van der Waals surface area contributed by atoms with Gasteiger partial charge in [0.05, 0.1) is 5.02 Å². The number of rotatable bonds is 1. The van der Waals surface area contributed by atoms with Crippen molar-refractivity contribution in [1.82, 2.24) is 0 Å². The lowest BCUT2D eigenvalue weighted by molar-refractivity contribution is 0.475. The van der Waals surface area contributed by atoms with Crippen molar-refractivity contribution in [2.24, 2.45) is 0 Å². The van der Waals surface area contributed by atoms with Crippen molar-refractivity contribution < 1.29 is 9.50 Å². The molecule has 15 heavy (non-hydrogen) atoms. The molecule has 1 nitrogen and oxygen atoms in total. The van der Waals surface area contributed by atoms with Gasteiger partial charge in [-0.15, -0.1) is 0 Å². The number of benzene rings is 2. The van der Waals surface area contributed by atoms with Crippen LogP contribution in [0.15, 0.2) is 42.5 Å². The molecule has 0 atom stereocenters. The minimum atomic E-state index is -0.359. The van der Waals surface area contributed by atoms with Crippen LogP contribution in [-0.4, -0.2) is 5.11 Å². The Morgan fingerprint density at radius 1 is 1.00 bits per heavy atom. The third-order valence-electron chi connectivity index (χ3n) is 2.11. The molecule has 0 bridgehead atoms. The van der Waals surface area contributed by atoms with E-state index in [9.17, 15) is 4.39 Å². The van der Waals surface area contributed by atoms with Gasteiger partial charge in [0.15, 0.2) is 0 Å². The lowest BCUT2D eigenvalue weighted by Gasteiger charge is -2.04. The predicted octanol–water partition coefficient (Wildman–Crippen LogP) is 3.85. The van der Waals surface area contributed by atoms with Crippen molar-refractivity contribution in [3.63, 3.8) is 0 Å². The maximum Gasteiger partial charge on any atom is 0.124 e. The molecule has 76 valence electrons. The third-order valence-corrected chi connectivity index (χ3v) is 2.42. The average Bonchev–Trinajstić information content (AvgIpc) is 2.20. The highest BCUT2D eigenvalue weighted by Gasteiger charge is 2.04. The average molecular weight is 223 g/mol. The Labute approximate surface area is 91.8 Å². The molecule has 0 amide bonds. The zero-order valence-electron chi connectivity index (χ0n) is 7.74. The normalized spacial score (nSPS) is 10.3. The van der Waals surface area contributed by atoms with Gasteiger partial charge in [-0.3, -0.25) is 0 Å². The Bertz CT molecular complexity index is 479. The molecule has 3 heteroatoms. The number of hydrogen-bond acceptors (Lipinski definition) is 1. The number of phenols is 1. The molecule has 0 spiro atoms. The first-order valence-electron chi connectivity index (χ1n) is 4.41. The Kier molecular flexibility index (Phi) is 2.60. The van der Waals surface area contributed by atoms with Gasteiger partial charge >= 0.3 is 0 Å². The Balaban J connectivity index is 2.49. The fourth-order valence-corrected chi connectivity index (χ4v) is 1.64. The van der Waals surface area contributed by atoms with Crippen molar-refractivity contribution in [1.29, 1.82) is 0 Å². The second kappa shape index (κ2) is 3.91. The van der Waals surface area contributed by atoms with Gasteiger partial charge < -0.3 is 5.11 Å². The molecule has 0 saturated heterocycles. The molecule has 2 rings (SSSR count). The van der Waals surface area contributed by atoms with Crippen molar-refractivity contribution in [3.05, 3.63) is 53.3 Å². The van der Waals surface area contributed by atoms with Crippen LogP contribution in [0.5, 0.6) is 5.75 Å². The molecule has 0 radical (unpaired) electrons. The zero-order chi connectivity index (χ0) is 10.8. The van der Waals surface area contributed by atoms with Crippen LogP contribution in [-0.2, 0) is 0 Å². The lowest BCUT2D eigenvalue weighted by atomic mass is 10.1. The Morgan fingerprint density at radius 2 is 1.67 bits per heavy atom. The number of hydrogen-bond donors (Lipinski definition) is 1. The molecule has 0 aliphatic heterocycles. The van der Waals surface area contributed by atoms with Crippen molar-refractivity contribution in [3.8, 4) is 16.9 Å². The van der Waals surface area contributed by atoms with E-state index in [1.807, 2.05) is 0 Å². The number of halogens is 2. The zero-order valence-corrected chi connectivity index (χ0v) is 8.50. The maximum absolute atomic E-state index is 12.8. The summed E-state index contributed by atoms with van der Waals surface area (Å²) in [7, 11) is 0. The minimum absolute atomic E-state index is 0.192. The second-order valence-corrected chi connectivity index (χ2v) is 3.58. The molecule has 1 N–H and O–H groups in total. The molecular weight excluding hydrogens is 215 g/mol. The molecule has 0 fully saturated rings.